The number of benzene rings is 1. The van der Waals surface area contributed by atoms with Crippen molar-refractivity contribution in [1.29, 1.82) is 0 Å². The van der Waals surface area contributed by atoms with Gasteiger partial charge in [0.1, 0.15) is 0 Å². The summed E-state index contributed by atoms with van der Waals surface area (Å²) in [6.45, 7) is 0. The number of anilines is 1. The number of hydrogen-bond acceptors (Lipinski definition) is 3. The Bertz CT molecular complexity index is 763. The van der Waals surface area contributed by atoms with Crippen LogP contribution in [0, 0.1) is 23.2 Å². The zero-order chi connectivity index (χ0) is 17.2. The van der Waals surface area contributed by atoms with Gasteiger partial charge < -0.3 is 5.32 Å². The highest BCUT2D eigenvalue weighted by Crippen LogP contribution is 2.61. The van der Waals surface area contributed by atoms with Gasteiger partial charge in [-0.1, -0.05) is 0 Å². The van der Waals surface area contributed by atoms with E-state index < -0.39 is 5.91 Å². The summed E-state index contributed by atoms with van der Waals surface area (Å²) in [6.07, 6.45) is 8.30. The summed E-state index contributed by atoms with van der Waals surface area (Å²) in [6, 6.07) is 4.91. The van der Waals surface area contributed by atoms with Gasteiger partial charge in [-0.25, -0.2) is 0 Å². The largest absolute Gasteiger partial charge is 0.326 e. The van der Waals surface area contributed by atoms with Crippen LogP contribution in [0.5, 0.6) is 0 Å². The van der Waals surface area contributed by atoms with E-state index in [2.05, 4.69) is 10.6 Å². The number of amides is 3. The average Bonchev–Trinajstić information content (AvgIpc) is 2.79. The first-order chi connectivity index (χ1) is 12.0. The van der Waals surface area contributed by atoms with Crippen LogP contribution in [0.1, 0.15) is 65.7 Å². The van der Waals surface area contributed by atoms with Crippen LogP contribution in [0.25, 0.3) is 0 Å². The molecule has 5 heteroatoms. The Labute approximate surface area is 146 Å². The molecule has 0 unspecified atom stereocenters. The summed E-state index contributed by atoms with van der Waals surface area (Å²) in [5, 5.41) is 5.23. The molecule has 2 N–H and O–H groups in total. The average molecular weight is 338 g/mol. The summed E-state index contributed by atoms with van der Waals surface area (Å²) in [7, 11) is 0. The van der Waals surface area contributed by atoms with Crippen LogP contribution in [-0.2, 0) is 4.79 Å². The fourth-order valence-corrected chi connectivity index (χ4v) is 6.30. The van der Waals surface area contributed by atoms with Crippen molar-refractivity contribution in [1.82, 2.24) is 5.32 Å². The SMILES string of the molecule is O=C(CC12CC3CC(CC(C3)C1)C2)Nc1ccc2c(c1)C(=O)NC2=O. The van der Waals surface area contributed by atoms with Gasteiger partial charge in [0.05, 0.1) is 11.1 Å². The Morgan fingerprint density at radius 1 is 1.00 bits per heavy atom. The number of nitrogens with one attached hydrogen (secondary N) is 2. The smallest absolute Gasteiger partial charge is 0.259 e. The van der Waals surface area contributed by atoms with Gasteiger partial charge >= 0.3 is 0 Å². The van der Waals surface area contributed by atoms with Crippen LogP contribution >= 0.6 is 0 Å². The van der Waals surface area contributed by atoms with Crippen LogP contribution in [-0.4, -0.2) is 17.7 Å². The normalized spacial score (nSPS) is 34.8. The minimum absolute atomic E-state index is 0.0339. The van der Waals surface area contributed by atoms with Gasteiger partial charge in [0.25, 0.3) is 11.8 Å². The Hall–Kier alpha value is -2.17. The molecule has 4 saturated carbocycles. The highest BCUT2D eigenvalue weighted by atomic mass is 16.2. The fraction of sp³-hybridized carbons (Fsp3) is 0.550. The van der Waals surface area contributed by atoms with Gasteiger partial charge in [0, 0.05) is 12.1 Å². The molecule has 4 bridgehead atoms. The topological polar surface area (TPSA) is 75.3 Å². The molecule has 0 spiro atoms. The monoisotopic (exact) mass is 338 g/mol. The van der Waals surface area contributed by atoms with E-state index in [9.17, 15) is 14.4 Å². The summed E-state index contributed by atoms with van der Waals surface area (Å²) in [4.78, 5) is 36.0. The maximum Gasteiger partial charge on any atom is 0.259 e. The van der Waals surface area contributed by atoms with Crippen molar-refractivity contribution in [3.8, 4) is 0 Å². The van der Waals surface area contributed by atoms with Crippen molar-refractivity contribution in [2.45, 2.75) is 44.9 Å². The maximum absolute atomic E-state index is 12.7. The van der Waals surface area contributed by atoms with Crippen molar-refractivity contribution in [3.63, 3.8) is 0 Å². The van der Waals surface area contributed by atoms with Crippen molar-refractivity contribution < 1.29 is 14.4 Å². The predicted octanol–water partition coefficient (Wildman–Crippen LogP) is 3.12. The molecule has 1 aromatic carbocycles. The third-order valence-corrected chi connectivity index (χ3v) is 6.72. The first-order valence-electron chi connectivity index (χ1n) is 9.29. The molecule has 1 heterocycles. The molecule has 5 nitrogen and oxygen atoms in total. The second-order valence-corrected chi connectivity index (χ2v) is 8.69. The summed E-state index contributed by atoms with van der Waals surface area (Å²) < 4.78 is 0. The van der Waals surface area contributed by atoms with Crippen LogP contribution in [0.2, 0.25) is 0 Å². The van der Waals surface area contributed by atoms with Crippen LogP contribution in [0.15, 0.2) is 18.2 Å². The van der Waals surface area contributed by atoms with Gasteiger partial charge in [-0.05, 0) is 79.9 Å². The fourth-order valence-electron chi connectivity index (χ4n) is 6.30. The number of rotatable bonds is 3. The van der Waals surface area contributed by atoms with Gasteiger partial charge in [-0.3, -0.25) is 19.7 Å². The van der Waals surface area contributed by atoms with E-state index in [1.165, 1.54) is 38.5 Å². The van der Waals surface area contributed by atoms with Crippen molar-refractivity contribution in [2.24, 2.45) is 23.2 Å². The Kier molecular flexibility index (Phi) is 3.12. The Morgan fingerprint density at radius 2 is 1.60 bits per heavy atom. The highest BCUT2D eigenvalue weighted by molar-refractivity contribution is 6.22. The second kappa shape index (κ2) is 5.16. The number of hydrogen-bond donors (Lipinski definition) is 2. The molecular formula is C20H22N2O3. The molecule has 0 atom stereocenters. The molecule has 4 fully saturated rings. The number of imide groups is 1. The minimum Gasteiger partial charge on any atom is -0.326 e. The molecule has 25 heavy (non-hydrogen) atoms. The second-order valence-electron chi connectivity index (χ2n) is 8.69. The number of fused-ring (bicyclic) bond motifs is 1. The van der Waals surface area contributed by atoms with Crippen LogP contribution < -0.4 is 10.6 Å². The van der Waals surface area contributed by atoms with E-state index >= 15 is 0 Å². The number of carbonyl (C=O) groups is 3. The quantitative estimate of drug-likeness (QED) is 0.832. The standard InChI is InChI=1S/C20H22N2O3/c23-17(10-20-7-11-3-12(8-20)5-13(4-11)9-20)21-14-1-2-15-16(6-14)19(25)22-18(15)24/h1-2,6,11-13H,3-5,7-10H2,(H,21,23)(H,22,24,25). The van der Waals surface area contributed by atoms with E-state index in [1.54, 1.807) is 18.2 Å². The van der Waals surface area contributed by atoms with Crippen LogP contribution in [0.3, 0.4) is 0 Å². The lowest BCUT2D eigenvalue weighted by molar-refractivity contribution is -0.124. The predicted molar refractivity (Wildman–Crippen MR) is 92.1 cm³/mol. The molecule has 0 aromatic heterocycles. The first-order valence-corrected chi connectivity index (χ1v) is 9.29. The molecular weight excluding hydrogens is 316 g/mol. The molecule has 1 aliphatic heterocycles. The first kappa shape index (κ1) is 15.1. The van der Waals surface area contributed by atoms with E-state index in [0.717, 1.165) is 17.8 Å². The molecule has 3 amide bonds. The Balaban J connectivity index is 1.31. The summed E-state index contributed by atoms with van der Waals surface area (Å²) in [5.74, 6) is 1.76. The number of carbonyl (C=O) groups excluding carboxylic acids is 3. The highest BCUT2D eigenvalue weighted by Gasteiger charge is 2.51. The summed E-state index contributed by atoms with van der Waals surface area (Å²) >= 11 is 0. The lowest BCUT2D eigenvalue weighted by Gasteiger charge is -2.56. The van der Waals surface area contributed by atoms with Crippen molar-refractivity contribution >= 4 is 23.4 Å². The maximum atomic E-state index is 12.7. The van der Waals surface area contributed by atoms with Gasteiger partial charge in [-0.15, -0.1) is 0 Å². The lowest BCUT2D eigenvalue weighted by Crippen LogP contribution is -2.47. The molecule has 1 aromatic rings. The van der Waals surface area contributed by atoms with Crippen molar-refractivity contribution in [2.75, 3.05) is 5.32 Å². The van der Waals surface area contributed by atoms with E-state index in [4.69, 9.17) is 0 Å². The Morgan fingerprint density at radius 3 is 2.24 bits per heavy atom. The van der Waals surface area contributed by atoms with E-state index in [1.807, 2.05) is 0 Å². The summed E-state index contributed by atoms with van der Waals surface area (Å²) in [5.41, 5.74) is 1.52. The third-order valence-electron chi connectivity index (χ3n) is 6.72. The van der Waals surface area contributed by atoms with E-state index in [-0.39, 0.29) is 17.2 Å². The zero-order valence-corrected chi connectivity index (χ0v) is 14.1. The molecule has 0 radical (unpaired) electrons. The molecule has 130 valence electrons. The minimum atomic E-state index is -0.391. The molecule has 6 rings (SSSR count). The van der Waals surface area contributed by atoms with Gasteiger partial charge in [-0.2, -0.15) is 0 Å². The molecule has 0 saturated heterocycles. The van der Waals surface area contributed by atoms with E-state index in [0.29, 0.717) is 23.2 Å². The van der Waals surface area contributed by atoms with Crippen LogP contribution in [0.4, 0.5) is 5.69 Å². The van der Waals surface area contributed by atoms with Gasteiger partial charge in [0.15, 0.2) is 0 Å². The molecule has 5 aliphatic rings. The van der Waals surface area contributed by atoms with Gasteiger partial charge in [0.2, 0.25) is 5.91 Å². The third kappa shape index (κ3) is 2.48. The van der Waals surface area contributed by atoms with Crippen molar-refractivity contribution in [3.05, 3.63) is 29.3 Å². The lowest BCUT2D eigenvalue weighted by atomic mass is 9.49. The molecule has 4 aliphatic carbocycles. The zero-order valence-electron chi connectivity index (χ0n) is 14.1.